The number of hydrogen-bond donors (Lipinski definition) is 4. The molecule has 6 aliphatic carbocycles. The Labute approximate surface area is 267 Å². The van der Waals surface area contributed by atoms with E-state index in [2.05, 4.69) is 21.1 Å². The minimum atomic E-state index is -1.11. The zero-order valence-corrected chi connectivity index (χ0v) is 27.0. The van der Waals surface area contributed by atoms with Gasteiger partial charge in [-0.1, -0.05) is 38.5 Å². The van der Waals surface area contributed by atoms with E-state index >= 15 is 0 Å². The molecule has 0 aromatic rings. The second-order valence-electron chi connectivity index (χ2n) is 14.9. The van der Waals surface area contributed by atoms with E-state index in [1.807, 2.05) is 0 Å². The maximum atomic E-state index is 13.9. The third-order valence-electron chi connectivity index (χ3n) is 11.9. The number of fused-ring (bicyclic) bond motifs is 3. The molecule has 250 valence electrons. The lowest BCUT2D eigenvalue weighted by molar-refractivity contribution is -0.142. The topological polar surface area (TPSA) is 112 Å². The summed E-state index contributed by atoms with van der Waals surface area (Å²) in [5.41, 5.74) is 2.47. The molecule has 1 saturated heterocycles. The third kappa shape index (κ3) is 7.57. The van der Waals surface area contributed by atoms with Gasteiger partial charge in [0.1, 0.15) is 25.6 Å². The van der Waals surface area contributed by atoms with E-state index in [0.717, 1.165) is 6.42 Å². The maximum absolute atomic E-state index is 13.9. The highest BCUT2D eigenvalue weighted by Crippen LogP contribution is 2.47. The van der Waals surface area contributed by atoms with Gasteiger partial charge in [-0.15, -0.1) is 11.6 Å². The molecule has 11 heteroatoms. The Kier molecular flexibility index (Phi) is 10.7. The van der Waals surface area contributed by atoms with Gasteiger partial charge in [-0.25, -0.2) is 14.8 Å². The number of aliphatic hydroxyl groups excluding tert-OH is 1. The summed E-state index contributed by atoms with van der Waals surface area (Å²) in [5, 5.41) is 19.5. The van der Waals surface area contributed by atoms with Gasteiger partial charge in [0, 0.05) is 30.5 Å². The second-order valence-corrected chi connectivity index (χ2v) is 15.4. The Morgan fingerprint density at radius 3 is 2.20 bits per heavy atom. The number of ether oxygens (including phenoxy) is 2. The Balaban J connectivity index is 0.959. The summed E-state index contributed by atoms with van der Waals surface area (Å²) in [4.78, 5) is 26.0. The SMILES string of the molecule is O=C(COC1CCC(Cl)C(F)C1)NC12CCC(NC(=O)COC3CC(C4CCCCC4)N(C4CCCCC4)N3)(CC1)[C@@H](O)C2. The van der Waals surface area contributed by atoms with Crippen LogP contribution in [0.15, 0.2) is 0 Å². The third-order valence-corrected chi connectivity index (χ3v) is 12.4. The molecule has 2 bridgehead atoms. The first-order chi connectivity index (χ1) is 21.2. The Morgan fingerprint density at radius 1 is 0.864 bits per heavy atom. The average molecular weight is 641 g/mol. The van der Waals surface area contributed by atoms with Crippen molar-refractivity contribution in [1.29, 1.82) is 0 Å². The molecule has 7 aliphatic rings. The van der Waals surface area contributed by atoms with Gasteiger partial charge < -0.3 is 25.2 Å². The minimum absolute atomic E-state index is 0.0351. The Hall–Kier alpha value is -1.04. The highest BCUT2D eigenvalue weighted by Gasteiger charge is 2.55. The van der Waals surface area contributed by atoms with Crippen LogP contribution in [-0.4, -0.2) is 88.3 Å². The Bertz CT molecular complexity index is 961. The molecule has 0 aromatic heterocycles. The lowest BCUT2D eigenvalue weighted by Gasteiger charge is -2.56. The van der Waals surface area contributed by atoms with E-state index in [4.69, 9.17) is 21.1 Å². The molecule has 0 spiro atoms. The lowest BCUT2D eigenvalue weighted by atomic mass is 9.60. The first-order valence-corrected chi connectivity index (χ1v) is 18.0. The van der Waals surface area contributed by atoms with Crippen molar-refractivity contribution in [2.24, 2.45) is 5.92 Å². The summed E-state index contributed by atoms with van der Waals surface area (Å²) in [6, 6.07) is 1.02. The standard InChI is InChI=1S/C33H54ClFN4O5/c34-25-12-11-24(17-26(25)35)43-20-29(41)36-32-13-15-33(16-14-32,28(40)19-32)37-30(42)21-44-31-18-27(22-7-3-1-4-8-22)39(38-31)23-9-5-2-6-10-23/h22-28,31,38,40H,1-21H2,(H,36,41)(H,37,42)/t24?,25?,26?,27?,28-,31?,32?,33?/m0/s1. The fraction of sp³-hybridized carbons (Fsp3) is 0.939. The summed E-state index contributed by atoms with van der Waals surface area (Å²) in [6.07, 6.45) is 15.8. The zero-order valence-electron chi connectivity index (χ0n) is 26.3. The van der Waals surface area contributed by atoms with Crippen molar-refractivity contribution in [2.45, 2.75) is 175 Å². The molecule has 6 atom stereocenters. The van der Waals surface area contributed by atoms with Crippen molar-refractivity contribution in [3.8, 4) is 0 Å². The van der Waals surface area contributed by atoms with Crippen LogP contribution in [0.5, 0.6) is 0 Å². The number of hydrogen-bond acceptors (Lipinski definition) is 7. The number of alkyl halides is 2. The zero-order chi connectivity index (χ0) is 30.7. The molecule has 7 fully saturated rings. The monoisotopic (exact) mass is 640 g/mol. The summed E-state index contributed by atoms with van der Waals surface area (Å²) >= 11 is 5.96. The predicted molar refractivity (Wildman–Crippen MR) is 166 cm³/mol. The van der Waals surface area contributed by atoms with Crippen LogP contribution in [0.3, 0.4) is 0 Å². The molecule has 44 heavy (non-hydrogen) atoms. The van der Waals surface area contributed by atoms with Crippen LogP contribution in [-0.2, 0) is 19.1 Å². The maximum Gasteiger partial charge on any atom is 0.246 e. The van der Waals surface area contributed by atoms with Gasteiger partial charge in [0.2, 0.25) is 11.8 Å². The summed E-state index contributed by atoms with van der Waals surface area (Å²) in [5.74, 6) is 0.256. The molecule has 9 nitrogen and oxygen atoms in total. The lowest BCUT2D eigenvalue weighted by Crippen LogP contribution is -2.70. The van der Waals surface area contributed by atoms with Crippen LogP contribution in [0.25, 0.3) is 0 Å². The van der Waals surface area contributed by atoms with Gasteiger partial charge >= 0.3 is 0 Å². The van der Waals surface area contributed by atoms with Crippen LogP contribution in [0.1, 0.15) is 122 Å². The quantitative estimate of drug-likeness (QED) is 0.262. The number of nitrogens with zero attached hydrogens (tertiary/aromatic N) is 1. The molecular formula is C33H54ClFN4O5. The Morgan fingerprint density at radius 2 is 1.52 bits per heavy atom. The van der Waals surface area contributed by atoms with Crippen LogP contribution >= 0.6 is 11.6 Å². The summed E-state index contributed by atoms with van der Waals surface area (Å²) in [7, 11) is 0. The van der Waals surface area contributed by atoms with Crippen molar-refractivity contribution < 1.29 is 28.6 Å². The first-order valence-electron chi connectivity index (χ1n) is 17.6. The van der Waals surface area contributed by atoms with Crippen molar-refractivity contribution >= 4 is 23.4 Å². The molecule has 5 unspecified atom stereocenters. The molecule has 0 radical (unpaired) electrons. The van der Waals surface area contributed by atoms with Gasteiger partial charge in [-0.3, -0.25) is 9.59 Å². The van der Waals surface area contributed by atoms with Crippen molar-refractivity contribution in [3.05, 3.63) is 0 Å². The van der Waals surface area contributed by atoms with Crippen LogP contribution < -0.4 is 16.1 Å². The fourth-order valence-corrected chi connectivity index (χ4v) is 9.53. The molecule has 2 amide bonds. The van der Waals surface area contributed by atoms with Crippen LogP contribution in [0.2, 0.25) is 0 Å². The number of hydrazine groups is 1. The van der Waals surface area contributed by atoms with Gasteiger partial charge in [0.25, 0.3) is 0 Å². The van der Waals surface area contributed by atoms with E-state index in [0.29, 0.717) is 62.9 Å². The molecule has 7 rings (SSSR count). The molecule has 0 aromatic carbocycles. The van der Waals surface area contributed by atoms with E-state index in [-0.39, 0.29) is 43.8 Å². The van der Waals surface area contributed by atoms with Crippen molar-refractivity contribution in [2.75, 3.05) is 13.2 Å². The number of aliphatic hydroxyl groups is 1. The van der Waals surface area contributed by atoms with Crippen molar-refractivity contribution in [1.82, 2.24) is 21.1 Å². The normalized spacial score (nSPS) is 40.6. The highest BCUT2D eigenvalue weighted by atomic mass is 35.5. The van der Waals surface area contributed by atoms with Crippen LogP contribution in [0, 0.1) is 5.92 Å². The summed E-state index contributed by atoms with van der Waals surface area (Å²) in [6.45, 7) is -0.164. The number of nitrogens with one attached hydrogen (secondary N) is 3. The number of halogens is 2. The van der Waals surface area contributed by atoms with Crippen LogP contribution in [0.4, 0.5) is 4.39 Å². The van der Waals surface area contributed by atoms with E-state index in [9.17, 15) is 19.1 Å². The highest BCUT2D eigenvalue weighted by molar-refractivity contribution is 6.21. The van der Waals surface area contributed by atoms with E-state index in [1.54, 1.807) is 0 Å². The minimum Gasteiger partial charge on any atom is -0.391 e. The number of rotatable bonds is 10. The van der Waals surface area contributed by atoms with Gasteiger partial charge in [0.05, 0.1) is 23.1 Å². The smallest absolute Gasteiger partial charge is 0.246 e. The molecular weight excluding hydrogens is 587 g/mol. The predicted octanol–water partition coefficient (Wildman–Crippen LogP) is 4.38. The van der Waals surface area contributed by atoms with Gasteiger partial charge in [-0.05, 0) is 76.5 Å². The molecule has 4 N–H and O–H groups in total. The number of carbonyl (C=O) groups is 2. The van der Waals surface area contributed by atoms with E-state index < -0.39 is 28.7 Å². The number of carbonyl (C=O) groups excluding carboxylic acids is 2. The van der Waals surface area contributed by atoms with Gasteiger partial charge in [0.15, 0.2) is 0 Å². The second kappa shape index (κ2) is 14.4. The van der Waals surface area contributed by atoms with Crippen molar-refractivity contribution in [3.63, 3.8) is 0 Å². The molecule has 6 saturated carbocycles. The van der Waals surface area contributed by atoms with E-state index in [1.165, 1.54) is 64.2 Å². The summed E-state index contributed by atoms with van der Waals surface area (Å²) < 4.78 is 25.8. The molecule has 1 aliphatic heterocycles. The number of amides is 2. The van der Waals surface area contributed by atoms with Gasteiger partial charge in [-0.2, -0.15) is 0 Å². The largest absolute Gasteiger partial charge is 0.391 e. The average Bonchev–Trinajstić information content (AvgIpc) is 3.47. The fourth-order valence-electron chi connectivity index (χ4n) is 9.30. The molecule has 1 heterocycles. The first kappa shape index (κ1) is 32.9.